The summed E-state index contributed by atoms with van der Waals surface area (Å²) in [6, 6.07) is 0. The first-order chi connectivity index (χ1) is 2.27. The van der Waals surface area contributed by atoms with Gasteiger partial charge >= 0.3 is 0 Å². The number of hydrogen-bond acceptors (Lipinski definition) is 0. The van der Waals surface area contributed by atoms with Crippen LogP contribution in [0.25, 0.3) is 0 Å². The van der Waals surface area contributed by atoms with E-state index in [1.54, 1.807) is 0 Å². The average molecular weight is 138 g/mol. The summed E-state index contributed by atoms with van der Waals surface area (Å²) in [5, 5.41) is 0. The molecule has 0 amide bonds. The maximum absolute atomic E-state index is 11.1. The molecule has 0 bridgehead atoms. The van der Waals surface area contributed by atoms with Crippen LogP contribution in [0.1, 0.15) is 0 Å². The lowest BCUT2D eigenvalue weighted by atomic mass is 10.8. The first-order valence-corrected chi connectivity index (χ1v) is 1.87. The Hall–Kier alpha value is 0.150. The van der Waals surface area contributed by atoms with Gasteiger partial charge in [0.25, 0.3) is 0 Å². The molecule has 29 valence electrons. The van der Waals surface area contributed by atoms with Gasteiger partial charge < -0.3 is 0 Å². The predicted octanol–water partition coefficient (Wildman–Crippen LogP) is 2.03. The summed E-state index contributed by atoms with van der Waals surface area (Å²) < 4.78 is 10.7. The molecule has 0 spiro atoms. The van der Waals surface area contributed by atoms with Crippen LogP contribution in [0.4, 0.5) is 4.39 Å². The molecule has 0 aliphatic heterocycles. The van der Waals surface area contributed by atoms with E-state index in [0.29, 0.717) is 0 Å². The molecule has 0 aromatic rings. The molecule has 0 aliphatic rings. The fourth-order valence-electron chi connectivity index (χ4n) is 0. The first kappa shape index (κ1) is 5.15. The molecule has 0 aromatic carbocycles. The molecular formula is C3H3BrF. The third kappa shape index (κ3) is 4.15. The van der Waals surface area contributed by atoms with Crippen LogP contribution in [0.15, 0.2) is 10.8 Å². The molecule has 0 fully saturated rings. The summed E-state index contributed by atoms with van der Waals surface area (Å²) >= 11 is 2.51. The molecular weight excluding hydrogens is 135 g/mol. The minimum Gasteiger partial charge on any atom is -0.199 e. The second-order valence-corrected chi connectivity index (χ2v) is 1.25. The van der Waals surface area contributed by atoms with Crippen LogP contribution in [0.2, 0.25) is 0 Å². The zero-order valence-electron chi connectivity index (χ0n) is 2.54. The van der Waals surface area contributed by atoms with Gasteiger partial charge in [0.1, 0.15) is 0 Å². The van der Waals surface area contributed by atoms with Gasteiger partial charge in [-0.2, -0.15) is 4.39 Å². The van der Waals surface area contributed by atoms with Crippen LogP contribution in [-0.2, 0) is 0 Å². The van der Waals surface area contributed by atoms with E-state index in [-0.39, 0.29) is 0 Å². The highest BCUT2D eigenvalue weighted by atomic mass is 79.9. The molecule has 0 saturated carbocycles. The van der Waals surface area contributed by atoms with Crippen LogP contribution in [0.5, 0.6) is 0 Å². The van der Waals surface area contributed by atoms with Gasteiger partial charge in [-0.3, -0.25) is 0 Å². The standard InChI is InChI=1S/C3H3BrF/c1-2-3(4)5/h2H,1H2. The van der Waals surface area contributed by atoms with E-state index in [0.717, 1.165) is 6.08 Å². The van der Waals surface area contributed by atoms with Crippen LogP contribution in [0, 0.1) is 6.92 Å². The van der Waals surface area contributed by atoms with Crippen molar-refractivity contribution in [3.05, 3.63) is 17.7 Å². The maximum Gasteiger partial charge on any atom is 0.161 e. The Morgan fingerprint density at radius 1 is 2.00 bits per heavy atom. The van der Waals surface area contributed by atoms with Gasteiger partial charge in [0, 0.05) is 0 Å². The predicted molar refractivity (Wildman–Crippen MR) is 23.5 cm³/mol. The molecule has 0 heterocycles. The zero-order chi connectivity index (χ0) is 4.28. The molecule has 0 N–H and O–H groups in total. The highest BCUT2D eigenvalue weighted by molar-refractivity contribution is 9.11. The summed E-state index contributed by atoms with van der Waals surface area (Å²) in [6.07, 6.45) is 1.08. The van der Waals surface area contributed by atoms with Crippen molar-refractivity contribution in [3.63, 3.8) is 0 Å². The lowest BCUT2D eigenvalue weighted by Gasteiger charge is -1.65. The summed E-state index contributed by atoms with van der Waals surface area (Å²) in [7, 11) is 0. The van der Waals surface area contributed by atoms with E-state index in [1.165, 1.54) is 0 Å². The smallest absolute Gasteiger partial charge is 0.161 e. The van der Waals surface area contributed by atoms with Gasteiger partial charge in [-0.15, -0.1) is 0 Å². The highest BCUT2D eigenvalue weighted by Gasteiger charge is 1.70. The van der Waals surface area contributed by atoms with Gasteiger partial charge in [0.15, 0.2) is 4.74 Å². The SMILES string of the molecule is [CH2]C=C(F)Br. The minimum absolute atomic E-state index is 0.419. The molecule has 5 heavy (non-hydrogen) atoms. The molecule has 0 aliphatic carbocycles. The van der Waals surface area contributed by atoms with E-state index in [1.807, 2.05) is 0 Å². The number of allylic oxidation sites excluding steroid dienone is 1. The Balaban J connectivity index is 3.14. The van der Waals surface area contributed by atoms with Gasteiger partial charge in [0.2, 0.25) is 0 Å². The monoisotopic (exact) mass is 137 g/mol. The van der Waals surface area contributed by atoms with Crippen molar-refractivity contribution in [1.82, 2.24) is 0 Å². The van der Waals surface area contributed by atoms with E-state index in [4.69, 9.17) is 0 Å². The van der Waals surface area contributed by atoms with Gasteiger partial charge in [0.05, 0.1) is 0 Å². The van der Waals surface area contributed by atoms with Crippen molar-refractivity contribution >= 4 is 15.9 Å². The molecule has 0 unspecified atom stereocenters. The van der Waals surface area contributed by atoms with Crippen LogP contribution >= 0.6 is 15.9 Å². The van der Waals surface area contributed by atoms with Crippen molar-refractivity contribution in [2.45, 2.75) is 0 Å². The number of hydrogen-bond donors (Lipinski definition) is 0. The molecule has 2 heteroatoms. The van der Waals surface area contributed by atoms with Crippen LogP contribution < -0.4 is 0 Å². The van der Waals surface area contributed by atoms with Gasteiger partial charge in [-0.1, -0.05) is 0 Å². The summed E-state index contributed by atoms with van der Waals surface area (Å²) in [6.45, 7) is 3.10. The van der Waals surface area contributed by atoms with Crippen LogP contribution in [-0.4, -0.2) is 0 Å². The van der Waals surface area contributed by atoms with Crippen molar-refractivity contribution < 1.29 is 4.39 Å². The summed E-state index contributed by atoms with van der Waals surface area (Å²) in [5.74, 6) is 0. The van der Waals surface area contributed by atoms with Crippen LogP contribution in [0.3, 0.4) is 0 Å². The Morgan fingerprint density at radius 3 is 2.20 bits per heavy atom. The molecule has 0 nitrogen and oxygen atoms in total. The lowest BCUT2D eigenvalue weighted by molar-refractivity contribution is 0.705. The highest BCUT2D eigenvalue weighted by Crippen LogP contribution is 2.01. The largest absolute Gasteiger partial charge is 0.199 e. The Morgan fingerprint density at radius 2 is 2.20 bits per heavy atom. The van der Waals surface area contributed by atoms with E-state index >= 15 is 0 Å². The first-order valence-electron chi connectivity index (χ1n) is 1.07. The topological polar surface area (TPSA) is 0 Å². The third-order valence-electron chi connectivity index (χ3n) is 0.154. The second-order valence-electron chi connectivity index (χ2n) is 0.494. The second kappa shape index (κ2) is 2.39. The molecule has 0 rings (SSSR count). The average Bonchev–Trinajstić information content (AvgIpc) is 1.38. The van der Waals surface area contributed by atoms with Gasteiger partial charge in [-0.05, 0) is 28.9 Å². The van der Waals surface area contributed by atoms with E-state index in [9.17, 15) is 4.39 Å². The molecule has 0 saturated heterocycles. The fourth-order valence-corrected chi connectivity index (χ4v) is 0. The lowest BCUT2D eigenvalue weighted by Crippen LogP contribution is -1.40. The Bertz CT molecular complexity index is 44.9. The summed E-state index contributed by atoms with van der Waals surface area (Å²) in [5.41, 5.74) is 0. The quantitative estimate of drug-likeness (QED) is 0.480. The van der Waals surface area contributed by atoms with Gasteiger partial charge in [-0.25, -0.2) is 0 Å². The molecule has 0 atom stereocenters. The number of rotatable bonds is 0. The van der Waals surface area contributed by atoms with E-state index in [2.05, 4.69) is 22.9 Å². The van der Waals surface area contributed by atoms with Crippen molar-refractivity contribution in [1.29, 1.82) is 0 Å². The molecule has 0 aromatic heterocycles. The normalized spacial score (nSPS) is 12.2. The number of halogens is 2. The van der Waals surface area contributed by atoms with Crippen molar-refractivity contribution in [3.8, 4) is 0 Å². The Labute approximate surface area is 38.8 Å². The third-order valence-corrected chi connectivity index (χ3v) is 0.478. The van der Waals surface area contributed by atoms with E-state index < -0.39 is 4.74 Å². The molecule has 1 radical (unpaired) electrons. The fraction of sp³-hybridized carbons (Fsp3) is 0. The zero-order valence-corrected chi connectivity index (χ0v) is 4.13. The minimum atomic E-state index is -0.419. The van der Waals surface area contributed by atoms with Crippen molar-refractivity contribution in [2.75, 3.05) is 0 Å². The summed E-state index contributed by atoms with van der Waals surface area (Å²) in [4.78, 5) is 0. The maximum atomic E-state index is 11.1. The Kier molecular flexibility index (Phi) is 2.46. The van der Waals surface area contributed by atoms with Crippen molar-refractivity contribution in [2.24, 2.45) is 0 Å².